The second-order valence-electron chi connectivity index (χ2n) is 18.8. The molecule has 354 valence electrons. The third-order valence-electron chi connectivity index (χ3n) is 14.3. The lowest BCUT2D eigenvalue weighted by atomic mass is 9.97. The predicted octanol–water partition coefficient (Wildman–Crippen LogP) is 19.2. The van der Waals surface area contributed by atoms with Crippen LogP contribution in [-0.4, -0.2) is 9.55 Å². The number of anilines is 9. The molecule has 0 fully saturated rings. The molecule has 0 unspecified atom stereocenters. The summed E-state index contributed by atoms with van der Waals surface area (Å²) in [4.78, 5) is 12.4. The number of aromatic nitrogens is 2. The van der Waals surface area contributed by atoms with Crippen molar-refractivity contribution >= 4 is 83.9 Å². The van der Waals surface area contributed by atoms with Crippen LogP contribution in [0.5, 0.6) is 11.5 Å². The van der Waals surface area contributed by atoms with Crippen molar-refractivity contribution in [3.8, 4) is 39.6 Å². The predicted molar refractivity (Wildman–Crippen MR) is 311 cm³/mol. The Morgan fingerprint density at radius 3 is 1.25 bits per heavy atom. The quantitative estimate of drug-likeness (QED) is 0.137. The first kappa shape index (κ1) is 43.6. The molecule has 0 bridgehead atoms. The van der Waals surface area contributed by atoms with E-state index in [-0.39, 0.29) is 0 Å². The van der Waals surface area contributed by atoms with Gasteiger partial charge in [-0.2, -0.15) is 0 Å². The molecule has 75 heavy (non-hydrogen) atoms. The van der Waals surface area contributed by atoms with Crippen molar-refractivity contribution < 1.29 is 4.74 Å². The van der Waals surface area contributed by atoms with Crippen LogP contribution in [0.1, 0.15) is 0 Å². The van der Waals surface area contributed by atoms with Crippen LogP contribution in [0.15, 0.2) is 285 Å². The second-order valence-corrected chi connectivity index (χ2v) is 18.8. The molecule has 0 spiro atoms. The van der Waals surface area contributed by atoms with E-state index in [0.717, 1.165) is 123 Å². The summed E-state index contributed by atoms with van der Waals surface area (Å²) in [5.41, 5.74) is 17.9. The van der Waals surface area contributed by atoms with Crippen LogP contribution in [0.4, 0.5) is 51.2 Å². The Morgan fingerprint density at radius 1 is 0.320 bits per heavy atom. The summed E-state index contributed by atoms with van der Waals surface area (Å²) >= 11 is 0. The van der Waals surface area contributed by atoms with Crippen molar-refractivity contribution in [2.24, 2.45) is 0 Å². The Labute approximate surface area is 435 Å². The summed E-state index contributed by atoms with van der Waals surface area (Å²) in [5.74, 6) is 1.63. The first-order valence-electron chi connectivity index (χ1n) is 25.4. The monoisotopic (exact) mass is 961 g/mol. The van der Waals surface area contributed by atoms with Gasteiger partial charge in [0.2, 0.25) is 0 Å². The first-order chi connectivity index (χ1) is 37.2. The molecule has 14 rings (SSSR count). The largest absolute Gasteiger partial charge is 0.453 e. The Morgan fingerprint density at radius 2 is 0.760 bits per heavy atom. The molecule has 0 amide bonds. The fraction of sp³-hybridized carbons (Fsp3) is 0. The van der Waals surface area contributed by atoms with Gasteiger partial charge >= 0.3 is 0 Å². The zero-order valence-corrected chi connectivity index (χ0v) is 40.8. The summed E-state index contributed by atoms with van der Waals surface area (Å²) in [7, 11) is 0. The maximum atomic E-state index is 6.39. The van der Waals surface area contributed by atoms with Crippen molar-refractivity contribution in [2.45, 2.75) is 0 Å². The number of ether oxygens (including phenoxy) is 1. The van der Waals surface area contributed by atoms with Gasteiger partial charge in [-0.05, 0) is 151 Å². The van der Waals surface area contributed by atoms with E-state index in [1.54, 1.807) is 0 Å². The van der Waals surface area contributed by atoms with Gasteiger partial charge in [0, 0.05) is 67.2 Å². The summed E-state index contributed by atoms with van der Waals surface area (Å²) in [6.45, 7) is 0. The lowest BCUT2D eigenvalue weighted by Gasteiger charge is -2.32. The van der Waals surface area contributed by atoms with E-state index in [4.69, 9.17) is 9.72 Å². The molecule has 11 aromatic carbocycles. The number of hydrogen-bond donors (Lipinski definition) is 0. The molecule has 13 aromatic rings. The maximum absolute atomic E-state index is 6.39. The number of nitrogens with zero attached hydrogens (tertiary/aromatic N) is 5. The number of hydrogen-bond acceptors (Lipinski definition) is 5. The molecule has 6 heteroatoms. The van der Waals surface area contributed by atoms with Crippen molar-refractivity contribution in [3.63, 3.8) is 0 Å². The Balaban J connectivity index is 0.925. The molecule has 1 aliphatic rings. The van der Waals surface area contributed by atoms with E-state index in [2.05, 4.69) is 280 Å². The third kappa shape index (κ3) is 7.80. The van der Waals surface area contributed by atoms with Crippen molar-refractivity contribution in [3.05, 3.63) is 285 Å². The smallest absolute Gasteiger partial charge is 0.151 e. The lowest BCUT2D eigenvalue weighted by molar-refractivity contribution is 0.477. The van der Waals surface area contributed by atoms with Crippen molar-refractivity contribution in [2.75, 3.05) is 14.7 Å². The van der Waals surface area contributed by atoms with Crippen LogP contribution in [-0.2, 0) is 0 Å². The van der Waals surface area contributed by atoms with Crippen LogP contribution >= 0.6 is 0 Å². The summed E-state index contributed by atoms with van der Waals surface area (Å²) < 4.78 is 8.79. The fourth-order valence-corrected chi connectivity index (χ4v) is 10.9. The fourth-order valence-electron chi connectivity index (χ4n) is 10.9. The molecule has 0 atom stereocenters. The summed E-state index contributed by atoms with van der Waals surface area (Å²) in [6, 6.07) is 101. The van der Waals surface area contributed by atoms with E-state index in [9.17, 15) is 0 Å². The molecule has 1 aliphatic heterocycles. The highest BCUT2D eigenvalue weighted by molar-refractivity contribution is 6.12. The van der Waals surface area contributed by atoms with Crippen LogP contribution in [0.2, 0.25) is 0 Å². The molecule has 2 aromatic heterocycles. The molecular weight excluding hydrogens is 915 g/mol. The molecule has 0 N–H and O–H groups in total. The van der Waals surface area contributed by atoms with Gasteiger partial charge in [-0.15, -0.1) is 0 Å². The summed E-state index contributed by atoms with van der Waals surface area (Å²) in [6.07, 6.45) is 0. The van der Waals surface area contributed by atoms with Gasteiger partial charge in [0.1, 0.15) is 0 Å². The van der Waals surface area contributed by atoms with Gasteiger partial charge in [-0.1, -0.05) is 146 Å². The Bertz CT molecular complexity index is 3940. The molecule has 0 saturated heterocycles. The second kappa shape index (κ2) is 18.5. The highest BCUT2D eigenvalue weighted by Crippen LogP contribution is 2.51. The van der Waals surface area contributed by atoms with Gasteiger partial charge in [-0.3, -0.25) is 0 Å². The lowest BCUT2D eigenvalue weighted by Crippen LogP contribution is -2.15. The standard InChI is InChI=1S/C69H47N5O/c1-6-20-48(21-7-1)59-47-62(70-63-46-57(38-41-58(59)63)74-66-30-16-18-32-68(66)75-69-33-19-17-31-67(69)74)49-34-36-54(37-35-49)73-64-42-39-55(71(50-22-8-2-9-23-50)51-24-10-3-11-25-51)44-60(64)61-45-56(40-43-65(61)73)72(52-26-12-4-13-27-52)53-28-14-5-15-29-53/h1-47H. The number of benzene rings is 11. The molecule has 0 aliphatic carbocycles. The van der Waals surface area contributed by atoms with Gasteiger partial charge in [-0.25, -0.2) is 4.98 Å². The Kier molecular flexibility index (Phi) is 10.7. The van der Waals surface area contributed by atoms with Crippen LogP contribution in [0.3, 0.4) is 0 Å². The van der Waals surface area contributed by atoms with Crippen molar-refractivity contribution in [1.29, 1.82) is 0 Å². The minimum atomic E-state index is 0.815. The molecule has 3 heterocycles. The normalized spacial score (nSPS) is 11.8. The first-order valence-corrected chi connectivity index (χ1v) is 25.4. The average Bonchev–Trinajstić information content (AvgIpc) is 3.81. The van der Waals surface area contributed by atoms with E-state index in [1.165, 1.54) is 0 Å². The van der Waals surface area contributed by atoms with Crippen LogP contribution < -0.4 is 19.4 Å². The zero-order chi connectivity index (χ0) is 49.7. The van der Waals surface area contributed by atoms with E-state index in [0.29, 0.717) is 0 Å². The SMILES string of the molecule is c1ccc(-c2cc(-c3ccc(-n4c5ccc(N(c6ccccc6)c6ccccc6)cc5c5cc(N(c6ccccc6)c6ccccc6)ccc54)cc3)nc3cc(N4c5ccccc5Oc5ccccc54)ccc23)cc1. The number of rotatable bonds is 10. The van der Waals surface area contributed by atoms with E-state index in [1.807, 2.05) is 24.3 Å². The van der Waals surface area contributed by atoms with Crippen molar-refractivity contribution in [1.82, 2.24) is 9.55 Å². The minimum absolute atomic E-state index is 0.815. The average molecular weight is 962 g/mol. The molecular formula is C69H47N5O. The van der Waals surface area contributed by atoms with Crippen LogP contribution in [0, 0.1) is 0 Å². The molecule has 6 nitrogen and oxygen atoms in total. The van der Waals surface area contributed by atoms with Gasteiger partial charge in [0.25, 0.3) is 0 Å². The van der Waals surface area contributed by atoms with E-state index >= 15 is 0 Å². The molecule has 0 saturated carbocycles. The highest BCUT2D eigenvalue weighted by Gasteiger charge is 2.26. The molecule has 0 radical (unpaired) electrons. The topological polar surface area (TPSA) is 36.8 Å². The Hall–Kier alpha value is -10.2. The van der Waals surface area contributed by atoms with E-state index < -0.39 is 0 Å². The van der Waals surface area contributed by atoms with Gasteiger partial charge < -0.3 is 24.0 Å². The third-order valence-corrected chi connectivity index (χ3v) is 14.3. The van der Waals surface area contributed by atoms with Crippen LogP contribution in [0.25, 0.3) is 60.8 Å². The minimum Gasteiger partial charge on any atom is -0.453 e. The zero-order valence-electron chi connectivity index (χ0n) is 40.8. The van der Waals surface area contributed by atoms with Gasteiger partial charge in [0.05, 0.1) is 33.6 Å². The number of fused-ring (bicyclic) bond motifs is 6. The maximum Gasteiger partial charge on any atom is 0.151 e. The highest BCUT2D eigenvalue weighted by atomic mass is 16.5. The summed E-state index contributed by atoms with van der Waals surface area (Å²) in [5, 5.41) is 3.38. The number of para-hydroxylation sites is 8. The number of pyridine rings is 1. The van der Waals surface area contributed by atoms with Gasteiger partial charge in [0.15, 0.2) is 11.5 Å².